The van der Waals surface area contributed by atoms with Crippen LogP contribution in [0.2, 0.25) is 5.02 Å². The van der Waals surface area contributed by atoms with Crippen LogP contribution in [0.3, 0.4) is 0 Å². The highest BCUT2D eigenvalue weighted by molar-refractivity contribution is 7.99. The average Bonchev–Trinajstić information content (AvgIpc) is 2.31. The molecule has 2 nitrogen and oxygen atoms in total. The summed E-state index contributed by atoms with van der Waals surface area (Å²) in [5.41, 5.74) is 1.08. The number of nitrogens with one attached hydrogen (secondary N) is 1. The Kier molecular flexibility index (Phi) is 7.21. The Bertz CT molecular complexity index is 384. The van der Waals surface area contributed by atoms with E-state index in [1.807, 2.05) is 31.2 Å². The van der Waals surface area contributed by atoms with Gasteiger partial charge in [-0.25, -0.2) is 0 Å². The second kappa shape index (κ2) is 8.44. The molecule has 1 aromatic rings. The molecule has 0 heterocycles. The lowest BCUT2D eigenvalue weighted by molar-refractivity contribution is -0.119. The summed E-state index contributed by atoms with van der Waals surface area (Å²) >= 11 is 7.64. The quantitative estimate of drug-likeness (QED) is 0.824. The second-order valence-corrected chi connectivity index (χ2v) is 5.73. The van der Waals surface area contributed by atoms with Crippen molar-refractivity contribution < 1.29 is 4.79 Å². The Balaban J connectivity index is 2.25. The maximum Gasteiger partial charge on any atom is 0.230 e. The van der Waals surface area contributed by atoms with Gasteiger partial charge in [0.15, 0.2) is 0 Å². The zero-order valence-electron chi connectivity index (χ0n) is 10.9. The number of hydrogen-bond donors (Lipinski definition) is 1. The van der Waals surface area contributed by atoms with Crippen LogP contribution in [0.15, 0.2) is 24.3 Å². The fourth-order valence-electron chi connectivity index (χ4n) is 1.69. The molecule has 100 valence electrons. The highest BCUT2D eigenvalue weighted by atomic mass is 35.5. The van der Waals surface area contributed by atoms with Crippen LogP contribution in [0.5, 0.6) is 0 Å². The SMILES string of the molecule is CCC[C@H](C)NC(=O)CSCc1ccccc1Cl. The van der Waals surface area contributed by atoms with Gasteiger partial charge in [0.2, 0.25) is 5.91 Å². The highest BCUT2D eigenvalue weighted by Gasteiger charge is 2.07. The average molecular weight is 286 g/mol. The molecule has 1 atom stereocenters. The van der Waals surface area contributed by atoms with Crippen molar-refractivity contribution in [2.75, 3.05) is 5.75 Å². The van der Waals surface area contributed by atoms with Crippen molar-refractivity contribution in [1.82, 2.24) is 5.32 Å². The first-order valence-electron chi connectivity index (χ1n) is 6.24. The van der Waals surface area contributed by atoms with E-state index in [0.29, 0.717) is 5.75 Å². The van der Waals surface area contributed by atoms with Crippen LogP contribution in [0.4, 0.5) is 0 Å². The van der Waals surface area contributed by atoms with E-state index in [4.69, 9.17) is 11.6 Å². The Morgan fingerprint density at radius 2 is 2.17 bits per heavy atom. The zero-order valence-corrected chi connectivity index (χ0v) is 12.5. The first-order valence-corrected chi connectivity index (χ1v) is 7.77. The normalized spacial score (nSPS) is 12.2. The zero-order chi connectivity index (χ0) is 13.4. The Morgan fingerprint density at radius 1 is 1.44 bits per heavy atom. The molecule has 0 unspecified atom stereocenters. The monoisotopic (exact) mass is 285 g/mol. The molecule has 0 saturated heterocycles. The van der Waals surface area contributed by atoms with Gasteiger partial charge in [0.1, 0.15) is 0 Å². The molecule has 0 fully saturated rings. The summed E-state index contributed by atoms with van der Waals surface area (Å²) in [5, 5.41) is 3.76. The molecule has 1 rings (SSSR count). The second-order valence-electron chi connectivity index (χ2n) is 4.34. The fourth-order valence-corrected chi connectivity index (χ4v) is 2.82. The number of benzene rings is 1. The molecule has 1 aromatic carbocycles. The maximum atomic E-state index is 11.6. The van der Waals surface area contributed by atoms with Crippen molar-refractivity contribution in [3.63, 3.8) is 0 Å². The third-order valence-corrected chi connectivity index (χ3v) is 3.93. The lowest BCUT2D eigenvalue weighted by Gasteiger charge is -2.12. The molecular weight excluding hydrogens is 266 g/mol. The Hall–Kier alpha value is -0.670. The van der Waals surface area contributed by atoms with E-state index >= 15 is 0 Å². The van der Waals surface area contributed by atoms with Crippen molar-refractivity contribution in [3.8, 4) is 0 Å². The maximum absolute atomic E-state index is 11.6. The molecule has 1 N–H and O–H groups in total. The third kappa shape index (κ3) is 5.78. The number of halogens is 1. The lowest BCUT2D eigenvalue weighted by Crippen LogP contribution is -2.33. The minimum atomic E-state index is 0.105. The molecule has 0 aliphatic heterocycles. The minimum absolute atomic E-state index is 0.105. The molecule has 0 radical (unpaired) electrons. The predicted octanol–water partition coefficient (Wildman–Crippen LogP) is 3.88. The molecule has 0 saturated carbocycles. The van der Waals surface area contributed by atoms with E-state index in [-0.39, 0.29) is 11.9 Å². The van der Waals surface area contributed by atoms with Crippen LogP contribution in [-0.4, -0.2) is 17.7 Å². The van der Waals surface area contributed by atoms with E-state index in [1.54, 1.807) is 11.8 Å². The van der Waals surface area contributed by atoms with Crippen LogP contribution in [0, 0.1) is 0 Å². The topological polar surface area (TPSA) is 29.1 Å². The predicted molar refractivity (Wildman–Crippen MR) is 80.1 cm³/mol. The van der Waals surface area contributed by atoms with Gasteiger partial charge in [0, 0.05) is 16.8 Å². The van der Waals surface area contributed by atoms with Crippen molar-refractivity contribution >= 4 is 29.3 Å². The van der Waals surface area contributed by atoms with Gasteiger partial charge >= 0.3 is 0 Å². The molecule has 0 aliphatic rings. The summed E-state index contributed by atoms with van der Waals surface area (Å²) in [4.78, 5) is 11.6. The van der Waals surface area contributed by atoms with Gasteiger partial charge < -0.3 is 5.32 Å². The summed E-state index contributed by atoms with van der Waals surface area (Å²) in [6.07, 6.45) is 2.12. The van der Waals surface area contributed by atoms with Crippen molar-refractivity contribution in [2.24, 2.45) is 0 Å². The number of amides is 1. The van der Waals surface area contributed by atoms with Gasteiger partial charge in [-0.2, -0.15) is 0 Å². The summed E-state index contributed by atoms with van der Waals surface area (Å²) in [6.45, 7) is 4.16. The molecule has 18 heavy (non-hydrogen) atoms. The van der Waals surface area contributed by atoms with Gasteiger partial charge in [-0.3, -0.25) is 4.79 Å². The summed E-state index contributed by atoms with van der Waals surface area (Å²) in [7, 11) is 0. The Morgan fingerprint density at radius 3 is 2.83 bits per heavy atom. The van der Waals surface area contributed by atoms with Gasteiger partial charge in [0.05, 0.1) is 5.75 Å². The molecular formula is C14H20ClNOS. The van der Waals surface area contributed by atoms with Crippen molar-refractivity contribution in [3.05, 3.63) is 34.9 Å². The van der Waals surface area contributed by atoms with Crippen LogP contribution in [0.25, 0.3) is 0 Å². The largest absolute Gasteiger partial charge is 0.353 e. The first-order chi connectivity index (χ1) is 8.63. The molecule has 0 spiro atoms. The van der Waals surface area contributed by atoms with E-state index < -0.39 is 0 Å². The number of hydrogen-bond acceptors (Lipinski definition) is 2. The highest BCUT2D eigenvalue weighted by Crippen LogP contribution is 2.20. The van der Waals surface area contributed by atoms with E-state index in [1.165, 1.54) is 0 Å². The first kappa shape index (κ1) is 15.4. The van der Waals surface area contributed by atoms with Crippen molar-refractivity contribution in [1.29, 1.82) is 0 Å². The van der Waals surface area contributed by atoms with Crippen LogP contribution in [0.1, 0.15) is 32.3 Å². The fraction of sp³-hybridized carbons (Fsp3) is 0.500. The van der Waals surface area contributed by atoms with E-state index in [2.05, 4.69) is 12.2 Å². The van der Waals surface area contributed by atoms with E-state index in [0.717, 1.165) is 29.2 Å². The smallest absolute Gasteiger partial charge is 0.230 e. The van der Waals surface area contributed by atoms with Crippen LogP contribution >= 0.6 is 23.4 Å². The number of carbonyl (C=O) groups excluding carboxylic acids is 1. The summed E-state index contributed by atoms with van der Waals surface area (Å²) in [6, 6.07) is 8.01. The van der Waals surface area contributed by atoms with E-state index in [9.17, 15) is 4.79 Å². The molecule has 4 heteroatoms. The third-order valence-electron chi connectivity index (χ3n) is 2.58. The Labute approximate surface area is 118 Å². The molecule has 0 aliphatic carbocycles. The van der Waals surface area contributed by atoms with Gasteiger partial charge in [0.25, 0.3) is 0 Å². The van der Waals surface area contributed by atoms with Crippen molar-refractivity contribution in [2.45, 2.75) is 38.5 Å². The number of rotatable bonds is 7. The van der Waals surface area contributed by atoms with Crippen LogP contribution in [-0.2, 0) is 10.5 Å². The summed E-state index contributed by atoms with van der Waals surface area (Å²) < 4.78 is 0. The lowest BCUT2D eigenvalue weighted by atomic mass is 10.2. The van der Waals surface area contributed by atoms with Gasteiger partial charge in [-0.05, 0) is 25.0 Å². The van der Waals surface area contributed by atoms with Crippen LogP contribution < -0.4 is 5.32 Å². The van der Waals surface area contributed by atoms with Gasteiger partial charge in [-0.15, -0.1) is 11.8 Å². The number of carbonyl (C=O) groups is 1. The molecule has 0 aromatic heterocycles. The standard InChI is InChI=1S/C14H20ClNOS/c1-3-6-11(2)16-14(17)10-18-9-12-7-4-5-8-13(12)15/h4-5,7-8,11H,3,6,9-10H2,1-2H3,(H,16,17)/t11-/m0/s1. The summed E-state index contributed by atoms with van der Waals surface area (Å²) in [5.74, 6) is 1.36. The molecule has 0 bridgehead atoms. The number of thioether (sulfide) groups is 1. The molecule has 1 amide bonds. The van der Waals surface area contributed by atoms with Gasteiger partial charge in [-0.1, -0.05) is 43.1 Å². The minimum Gasteiger partial charge on any atom is -0.353 e.